The molecule has 1 atom stereocenters. The molecule has 0 aromatic carbocycles. The highest BCUT2D eigenvalue weighted by Crippen LogP contribution is 2.11. The quantitative estimate of drug-likeness (QED) is 0.686. The van der Waals surface area contributed by atoms with Gasteiger partial charge in [-0.2, -0.15) is 0 Å². The van der Waals surface area contributed by atoms with E-state index >= 15 is 0 Å². The molecule has 5 heteroatoms. The van der Waals surface area contributed by atoms with Crippen LogP contribution in [0.2, 0.25) is 0 Å². The lowest BCUT2D eigenvalue weighted by molar-refractivity contribution is 0.0934. The summed E-state index contributed by atoms with van der Waals surface area (Å²) in [5, 5.41) is 21.2. The van der Waals surface area contributed by atoms with Gasteiger partial charge in [0, 0.05) is 12.7 Å². The molecule has 0 aliphatic carbocycles. The maximum atomic E-state index is 11.5. The van der Waals surface area contributed by atoms with Crippen molar-refractivity contribution in [2.75, 3.05) is 6.54 Å². The molecular formula is C11H16N2O3. The minimum Gasteiger partial charge on any atom is -0.505 e. The third kappa shape index (κ3) is 3.51. The maximum absolute atomic E-state index is 11.5. The topological polar surface area (TPSA) is 82.5 Å². The van der Waals surface area contributed by atoms with Crippen molar-refractivity contribution < 1.29 is 15.0 Å². The molecule has 0 saturated heterocycles. The first-order chi connectivity index (χ1) is 7.65. The van der Waals surface area contributed by atoms with Gasteiger partial charge in [-0.1, -0.05) is 6.92 Å². The number of carbonyl (C=O) groups is 1. The van der Waals surface area contributed by atoms with Crippen LogP contribution >= 0.6 is 0 Å². The van der Waals surface area contributed by atoms with Crippen LogP contribution in [0.25, 0.3) is 0 Å². The fourth-order valence-corrected chi connectivity index (χ4v) is 1.21. The first-order valence-electron chi connectivity index (χ1n) is 5.25. The van der Waals surface area contributed by atoms with Gasteiger partial charge in [0.2, 0.25) is 0 Å². The van der Waals surface area contributed by atoms with E-state index < -0.39 is 12.0 Å². The lowest BCUT2D eigenvalue weighted by Crippen LogP contribution is -2.27. The Bertz CT molecular complexity index is 355. The summed E-state index contributed by atoms with van der Waals surface area (Å²) in [4.78, 5) is 15.3. The average molecular weight is 224 g/mol. The molecule has 0 radical (unpaired) electrons. The molecule has 16 heavy (non-hydrogen) atoms. The fourth-order valence-electron chi connectivity index (χ4n) is 1.21. The minimum absolute atomic E-state index is 0.00786. The minimum atomic E-state index is -0.429. The average Bonchev–Trinajstić information content (AvgIpc) is 2.29. The van der Waals surface area contributed by atoms with Crippen LogP contribution in [-0.2, 0) is 0 Å². The summed E-state index contributed by atoms with van der Waals surface area (Å²) in [7, 11) is 0. The van der Waals surface area contributed by atoms with Crippen LogP contribution in [0.15, 0.2) is 18.3 Å². The molecule has 3 N–H and O–H groups in total. The highest BCUT2D eigenvalue weighted by molar-refractivity contribution is 5.94. The number of aliphatic hydroxyl groups is 1. The van der Waals surface area contributed by atoms with E-state index in [9.17, 15) is 15.0 Å². The molecule has 0 aliphatic rings. The van der Waals surface area contributed by atoms with Crippen LogP contribution in [0.1, 0.15) is 30.3 Å². The van der Waals surface area contributed by atoms with Crippen molar-refractivity contribution in [3.05, 3.63) is 24.0 Å². The van der Waals surface area contributed by atoms with E-state index in [0.29, 0.717) is 19.4 Å². The molecule has 1 heterocycles. The molecule has 0 fully saturated rings. The highest BCUT2D eigenvalue weighted by Gasteiger charge is 2.11. The number of aromatic hydroxyl groups is 1. The first-order valence-corrected chi connectivity index (χ1v) is 5.25. The number of pyridine rings is 1. The Labute approximate surface area is 94.1 Å². The molecule has 1 amide bonds. The molecule has 5 nitrogen and oxygen atoms in total. The Balaban J connectivity index is 2.44. The second-order valence-electron chi connectivity index (χ2n) is 3.48. The number of aromatic nitrogens is 1. The van der Waals surface area contributed by atoms with E-state index in [1.165, 1.54) is 12.3 Å². The van der Waals surface area contributed by atoms with Crippen LogP contribution in [0.4, 0.5) is 0 Å². The molecule has 88 valence electrons. The SMILES string of the molecule is CCC(O)CCNC(=O)c1ncccc1O. The third-order valence-corrected chi connectivity index (χ3v) is 2.24. The van der Waals surface area contributed by atoms with E-state index in [4.69, 9.17) is 0 Å². The van der Waals surface area contributed by atoms with Crippen molar-refractivity contribution in [2.45, 2.75) is 25.9 Å². The van der Waals surface area contributed by atoms with Gasteiger partial charge in [0.25, 0.3) is 5.91 Å². The Morgan fingerprint density at radius 3 is 3.00 bits per heavy atom. The lowest BCUT2D eigenvalue weighted by atomic mass is 10.2. The molecule has 0 bridgehead atoms. The number of amides is 1. The number of rotatable bonds is 5. The molecule has 0 spiro atoms. The van der Waals surface area contributed by atoms with Gasteiger partial charge in [0.1, 0.15) is 5.75 Å². The van der Waals surface area contributed by atoms with Crippen LogP contribution in [0, 0.1) is 0 Å². The maximum Gasteiger partial charge on any atom is 0.273 e. The Morgan fingerprint density at radius 1 is 1.62 bits per heavy atom. The number of nitrogens with one attached hydrogen (secondary N) is 1. The van der Waals surface area contributed by atoms with Gasteiger partial charge in [-0.05, 0) is 25.0 Å². The molecule has 1 aromatic heterocycles. The lowest BCUT2D eigenvalue weighted by Gasteiger charge is -2.08. The van der Waals surface area contributed by atoms with E-state index in [0.717, 1.165) is 0 Å². The van der Waals surface area contributed by atoms with Crippen LogP contribution in [-0.4, -0.2) is 33.8 Å². The highest BCUT2D eigenvalue weighted by atomic mass is 16.3. The number of carbonyl (C=O) groups excluding carboxylic acids is 1. The number of hydrogen-bond donors (Lipinski definition) is 3. The van der Waals surface area contributed by atoms with Crippen molar-refractivity contribution >= 4 is 5.91 Å². The van der Waals surface area contributed by atoms with Crippen molar-refractivity contribution in [1.29, 1.82) is 0 Å². The predicted molar refractivity (Wildman–Crippen MR) is 59.1 cm³/mol. The second-order valence-corrected chi connectivity index (χ2v) is 3.48. The Hall–Kier alpha value is -1.62. The van der Waals surface area contributed by atoms with Crippen LogP contribution in [0.3, 0.4) is 0 Å². The van der Waals surface area contributed by atoms with E-state index in [2.05, 4.69) is 10.3 Å². The number of nitrogens with zero attached hydrogens (tertiary/aromatic N) is 1. The zero-order valence-corrected chi connectivity index (χ0v) is 9.18. The summed E-state index contributed by atoms with van der Waals surface area (Å²) in [6.45, 7) is 2.24. The van der Waals surface area contributed by atoms with Gasteiger partial charge in [-0.3, -0.25) is 4.79 Å². The molecular weight excluding hydrogens is 208 g/mol. The summed E-state index contributed by atoms with van der Waals surface area (Å²) >= 11 is 0. The summed E-state index contributed by atoms with van der Waals surface area (Å²) in [6, 6.07) is 2.95. The number of hydrogen-bond acceptors (Lipinski definition) is 4. The smallest absolute Gasteiger partial charge is 0.273 e. The van der Waals surface area contributed by atoms with Gasteiger partial charge < -0.3 is 15.5 Å². The summed E-state index contributed by atoms with van der Waals surface area (Å²) in [5.41, 5.74) is 0.00786. The first kappa shape index (κ1) is 12.4. The van der Waals surface area contributed by atoms with Crippen molar-refractivity contribution in [2.24, 2.45) is 0 Å². The monoisotopic (exact) mass is 224 g/mol. The fraction of sp³-hybridized carbons (Fsp3) is 0.455. The zero-order valence-electron chi connectivity index (χ0n) is 9.18. The Morgan fingerprint density at radius 2 is 2.38 bits per heavy atom. The van der Waals surface area contributed by atoms with Gasteiger partial charge in [-0.25, -0.2) is 4.98 Å². The normalized spacial score (nSPS) is 12.1. The number of aliphatic hydroxyl groups excluding tert-OH is 1. The van der Waals surface area contributed by atoms with Gasteiger partial charge in [0.05, 0.1) is 6.10 Å². The molecule has 0 saturated carbocycles. The van der Waals surface area contributed by atoms with Crippen LogP contribution in [0.5, 0.6) is 5.75 Å². The summed E-state index contributed by atoms with van der Waals surface area (Å²) in [5.74, 6) is -0.572. The van der Waals surface area contributed by atoms with Gasteiger partial charge >= 0.3 is 0 Å². The predicted octanol–water partition coefficient (Wildman–Crippen LogP) is 0.678. The van der Waals surface area contributed by atoms with E-state index in [1.54, 1.807) is 6.07 Å². The molecule has 0 aliphatic heterocycles. The van der Waals surface area contributed by atoms with E-state index in [-0.39, 0.29) is 11.4 Å². The van der Waals surface area contributed by atoms with Crippen LogP contribution < -0.4 is 5.32 Å². The summed E-state index contributed by atoms with van der Waals surface area (Å²) < 4.78 is 0. The zero-order chi connectivity index (χ0) is 12.0. The van der Waals surface area contributed by atoms with Gasteiger partial charge in [-0.15, -0.1) is 0 Å². The van der Waals surface area contributed by atoms with Crippen molar-refractivity contribution in [3.63, 3.8) is 0 Å². The molecule has 1 unspecified atom stereocenters. The standard InChI is InChI=1S/C11H16N2O3/c1-2-8(14)5-7-13-11(16)10-9(15)4-3-6-12-10/h3-4,6,8,14-15H,2,5,7H2,1H3,(H,13,16). The molecule has 1 aromatic rings. The third-order valence-electron chi connectivity index (χ3n) is 2.24. The van der Waals surface area contributed by atoms with E-state index in [1.807, 2.05) is 6.92 Å². The largest absolute Gasteiger partial charge is 0.505 e. The second kappa shape index (κ2) is 6.07. The van der Waals surface area contributed by atoms with Crippen molar-refractivity contribution in [1.82, 2.24) is 10.3 Å². The molecule has 1 rings (SSSR count). The Kier molecular flexibility index (Phi) is 4.72. The van der Waals surface area contributed by atoms with Crippen molar-refractivity contribution in [3.8, 4) is 5.75 Å². The summed E-state index contributed by atoms with van der Waals surface area (Å²) in [6.07, 6.45) is 2.19. The van der Waals surface area contributed by atoms with Gasteiger partial charge in [0.15, 0.2) is 5.69 Å².